The minimum Gasteiger partial charge on any atom is -0.466 e. The van der Waals surface area contributed by atoms with Crippen LogP contribution in [0.2, 0.25) is 0 Å². The molecule has 0 aromatic rings. The fourth-order valence-corrected chi connectivity index (χ4v) is 10.1. The molecule has 0 heterocycles. The summed E-state index contributed by atoms with van der Waals surface area (Å²) in [6.45, 7) is 4.94. The molecule has 0 aliphatic rings. The van der Waals surface area contributed by atoms with Gasteiger partial charge >= 0.3 is 5.97 Å². The summed E-state index contributed by atoms with van der Waals surface area (Å²) in [7, 11) is 0. The molecule has 68 heavy (non-hydrogen) atoms. The highest BCUT2D eigenvalue weighted by Crippen LogP contribution is 2.19. The lowest BCUT2D eigenvalue weighted by Gasteiger charge is -2.22. The number of aliphatic hydroxyl groups excluding tert-OH is 2. The van der Waals surface area contributed by atoms with Crippen molar-refractivity contribution in [3.8, 4) is 0 Å². The zero-order chi connectivity index (χ0) is 49.3. The van der Waals surface area contributed by atoms with Gasteiger partial charge in [-0.3, -0.25) is 9.59 Å². The first kappa shape index (κ1) is 66.9. The lowest BCUT2D eigenvalue weighted by molar-refractivity contribution is -0.143. The number of nitrogens with one attached hydrogen (secondary N) is 1. The average molecular weight is 963 g/mol. The van der Waals surface area contributed by atoms with E-state index in [0.717, 1.165) is 57.8 Å². The lowest BCUT2D eigenvalue weighted by atomic mass is 10.0. The molecule has 0 fully saturated rings. The third-order valence-corrected chi connectivity index (χ3v) is 14.9. The van der Waals surface area contributed by atoms with E-state index < -0.39 is 12.1 Å². The van der Waals surface area contributed by atoms with Crippen LogP contribution in [-0.4, -0.2) is 47.4 Å². The quantitative estimate of drug-likeness (QED) is 0.0417. The number of carbonyl (C=O) groups is 2. The topological polar surface area (TPSA) is 95.9 Å². The van der Waals surface area contributed by atoms with Gasteiger partial charge in [0.1, 0.15) is 0 Å². The van der Waals surface area contributed by atoms with E-state index in [2.05, 4.69) is 19.2 Å². The highest BCUT2D eigenvalue weighted by Gasteiger charge is 2.20. The van der Waals surface area contributed by atoms with Crippen molar-refractivity contribution in [3.05, 3.63) is 0 Å². The van der Waals surface area contributed by atoms with Gasteiger partial charge in [0.05, 0.1) is 25.4 Å². The molecule has 0 aliphatic carbocycles. The van der Waals surface area contributed by atoms with Crippen molar-refractivity contribution in [3.63, 3.8) is 0 Å². The second-order valence-corrected chi connectivity index (χ2v) is 21.8. The molecule has 2 unspecified atom stereocenters. The number of amides is 1. The standard InChI is InChI=1S/C62H123NO5/c1-3-5-7-9-11-13-15-17-19-21-23-24-25-26-28-29-31-33-35-38-42-46-50-54-60(65)59(58-64)63-61(66)55-51-47-43-39-37-41-45-49-53-57-68-62(67)56-52-48-44-40-36-34-32-30-27-22-20-18-16-14-12-10-8-6-4-2/h59-60,64-65H,3-58H2,1-2H3,(H,63,66). The highest BCUT2D eigenvalue weighted by atomic mass is 16.5. The molecule has 1 amide bonds. The fourth-order valence-electron chi connectivity index (χ4n) is 10.1. The Balaban J connectivity index is 3.43. The van der Waals surface area contributed by atoms with Gasteiger partial charge in [0.2, 0.25) is 5.91 Å². The van der Waals surface area contributed by atoms with Gasteiger partial charge in [-0.15, -0.1) is 0 Å². The van der Waals surface area contributed by atoms with Crippen LogP contribution in [0.1, 0.15) is 361 Å². The molecular weight excluding hydrogens is 839 g/mol. The Hall–Kier alpha value is -1.14. The number of hydrogen-bond acceptors (Lipinski definition) is 5. The summed E-state index contributed by atoms with van der Waals surface area (Å²) in [4.78, 5) is 24.6. The van der Waals surface area contributed by atoms with E-state index in [1.54, 1.807) is 0 Å². The second kappa shape index (κ2) is 58.4. The molecule has 3 N–H and O–H groups in total. The highest BCUT2D eigenvalue weighted by molar-refractivity contribution is 5.76. The maximum absolute atomic E-state index is 12.5. The summed E-state index contributed by atoms with van der Waals surface area (Å²) in [6, 6.07) is -0.561. The SMILES string of the molecule is CCCCCCCCCCCCCCCCCCCCCCCCCC(O)C(CO)NC(=O)CCCCCCCCCCCOC(=O)CCCCCCCCCCCCCCCCCCCCC. The van der Waals surface area contributed by atoms with Crippen LogP contribution in [0.3, 0.4) is 0 Å². The van der Waals surface area contributed by atoms with Gasteiger partial charge < -0.3 is 20.3 Å². The maximum Gasteiger partial charge on any atom is 0.305 e. The van der Waals surface area contributed by atoms with E-state index in [-0.39, 0.29) is 18.5 Å². The number of aliphatic hydroxyl groups is 2. The van der Waals surface area contributed by atoms with E-state index in [9.17, 15) is 19.8 Å². The van der Waals surface area contributed by atoms with E-state index in [1.165, 1.54) is 270 Å². The molecule has 0 bridgehead atoms. The van der Waals surface area contributed by atoms with Crippen molar-refractivity contribution < 1.29 is 24.5 Å². The Labute approximate surface area is 426 Å². The van der Waals surface area contributed by atoms with Gasteiger partial charge in [-0.05, 0) is 25.7 Å². The first-order valence-electron chi connectivity index (χ1n) is 31.3. The Bertz CT molecular complexity index is 975. The van der Waals surface area contributed by atoms with E-state index >= 15 is 0 Å². The number of hydrogen-bond donors (Lipinski definition) is 3. The summed E-state index contributed by atoms with van der Waals surface area (Å²) < 4.78 is 5.48. The molecule has 0 rings (SSSR count). The molecule has 0 spiro atoms. The predicted octanol–water partition coefficient (Wildman–Crippen LogP) is 19.5. The van der Waals surface area contributed by atoms with Gasteiger partial charge in [0.25, 0.3) is 0 Å². The van der Waals surface area contributed by atoms with Gasteiger partial charge in [0, 0.05) is 12.8 Å². The van der Waals surface area contributed by atoms with Crippen LogP contribution in [0, 0.1) is 0 Å². The molecule has 0 aliphatic heterocycles. The van der Waals surface area contributed by atoms with Crippen molar-refractivity contribution in [2.24, 2.45) is 0 Å². The number of unbranched alkanes of at least 4 members (excludes halogenated alkanes) is 48. The Morgan fingerprint density at radius 1 is 0.353 bits per heavy atom. The van der Waals surface area contributed by atoms with Crippen molar-refractivity contribution >= 4 is 11.9 Å². The normalized spacial score (nSPS) is 12.5. The van der Waals surface area contributed by atoms with E-state index in [0.29, 0.717) is 25.9 Å². The second-order valence-electron chi connectivity index (χ2n) is 21.8. The minimum absolute atomic E-state index is 0.0183. The fraction of sp³-hybridized carbons (Fsp3) is 0.968. The van der Waals surface area contributed by atoms with Crippen molar-refractivity contribution in [2.75, 3.05) is 13.2 Å². The predicted molar refractivity (Wildman–Crippen MR) is 297 cm³/mol. The summed E-state index contributed by atoms with van der Waals surface area (Å²) in [5, 5.41) is 23.4. The molecular formula is C62H123NO5. The number of ether oxygens (including phenoxy) is 1. The van der Waals surface area contributed by atoms with Gasteiger partial charge in [-0.25, -0.2) is 0 Å². The molecule has 0 saturated heterocycles. The smallest absolute Gasteiger partial charge is 0.305 e. The van der Waals surface area contributed by atoms with Gasteiger partial charge in [0.15, 0.2) is 0 Å². The van der Waals surface area contributed by atoms with Crippen LogP contribution >= 0.6 is 0 Å². The molecule has 6 nitrogen and oxygen atoms in total. The molecule has 2 atom stereocenters. The number of esters is 1. The third kappa shape index (κ3) is 54.2. The summed E-state index contributed by atoms with van der Waals surface area (Å²) in [5.41, 5.74) is 0. The van der Waals surface area contributed by atoms with Crippen LogP contribution in [-0.2, 0) is 14.3 Å². The molecule has 406 valence electrons. The van der Waals surface area contributed by atoms with Gasteiger partial charge in [-0.2, -0.15) is 0 Å². The monoisotopic (exact) mass is 962 g/mol. The zero-order valence-corrected chi connectivity index (χ0v) is 46.4. The Kier molecular flexibility index (Phi) is 57.5. The van der Waals surface area contributed by atoms with Gasteiger partial charge in [-0.1, -0.05) is 322 Å². The minimum atomic E-state index is -0.681. The number of rotatable bonds is 59. The van der Waals surface area contributed by atoms with E-state index in [4.69, 9.17) is 4.74 Å². The van der Waals surface area contributed by atoms with Crippen LogP contribution in [0.4, 0.5) is 0 Å². The summed E-state index contributed by atoms with van der Waals surface area (Å²) in [5.74, 6) is -0.0750. The largest absolute Gasteiger partial charge is 0.466 e. The summed E-state index contributed by atoms with van der Waals surface area (Å²) in [6.07, 6.45) is 68.2. The number of carbonyl (C=O) groups excluding carboxylic acids is 2. The maximum atomic E-state index is 12.5. The van der Waals surface area contributed by atoms with Crippen LogP contribution in [0.25, 0.3) is 0 Å². The summed E-state index contributed by atoms with van der Waals surface area (Å²) >= 11 is 0. The van der Waals surface area contributed by atoms with Crippen LogP contribution < -0.4 is 5.32 Å². The molecule has 0 saturated carbocycles. The Morgan fingerprint density at radius 3 is 0.897 bits per heavy atom. The van der Waals surface area contributed by atoms with E-state index in [1.807, 2.05) is 0 Å². The lowest BCUT2D eigenvalue weighted by Crippen LogP contribution is -2.45. The Morgan fingerprint density at radius 2 is 0.603 bits per heavy atom. The molecule has 6 heteroatoms. The first-order valence-corrected chi connectivity index (χ1v) is 31.3. The van der Waals surface area contributed by atoms with Crippen molar-refractivity contribution in [1.82, 2.24) is 5.32 Å². The average Bonchev–Trinajstić information content (AvgIpc) is 3.34. The first-order chi connectivity index (χ1) is 33.5. The molecule has 0 aromatic carbocycles. The van der Waals surface area contributed by atoms with Crippen molar-refractivity contribution in [1.29, 1.82) is 0 Å². The molecule has 0 radical (unpaired) electrons. The molecule has 0 aromatic heterocycles. The van der Waals surface area contributed by atoms with Crippen LogP contribution in [0.15, 0.2) is 0 Å². The van der Waals surface area contributed by atoms with Crippen LogP contribution in [0.5, 0.6) is 0 Å². The third-order valence-electron chi connectivity index (χ3n) is 14.9. The zero-order valence-electron chi connectivity index (χ0n) is 46.4. The van der Waals surface area contributed by atoms with Crippen molar-refractivity contribution in [2.45, 2.75) is 373 Å².